The van der Waals surface area contributed by atoms with Crippen LogP contribution in [-0.4, -0.2) is 20.6 Å². The highest BCUT2D eigenvalue weighted by atomic mass is 16.4. The summed E-state index contributed by atoms with van der Waals surface area (Å²) in [6.45, 7) is 0. The Bertz CT molecular complexity index is 577. The smallest absolute Gasteiger partial charge is 0.334 e. The van der Waals surface area contributed by atoms with Crippen molar-refractivity contribution in [3.8, 4) is 0 Å². The molecule has 1 unspecified atom stereocenters. The van der Waals surface area contributed by atoms with Crippen molar-refractivity contribution < 1.29 is 9.90 Å². The van der Waals surface area contributed by atoms with Crippen LogP contribution in [0.1, 0.15) is 24.0 Å². The van der Waals surface area contributed by atoms with Gasteiger partial charge < -0.3 is 9.67 Å². The topological polar surface area (TPSA) is 55.1 Å². The highest BCUT2D eigenvalue weighted by Gasteiger charge is 2.44. The quantitative estimate of drug-likeness (QED) is 0.876. The number of benzene rings is 1. The van der Waals surface area contributed by atoms with Crippen molar-refractivity contribution in [2.24, 2.45) is 0 Å². The van der Waals surface area contributed by atoms with Gasteiger partial charge in [0.15, 0.2) is 5.54 Å². The van der Waals surface area contributed by atoms with Crippen LogP contribution in [0.3, 0.4) is 0 Å². The van der Waals surface area contributed by atoms with E-state index in [0.717, 1.165) is 24.0 Å². The summed E-state index contributed by atoms with van der Waals surface area (Å²) < 4.78 is 1.72. The fourth-order valence-corrected chi connectivity index (χ4v) is 2.90. The Labute approximate surface area is 105 Å². The molecule has 4 heteroatoms. The highest BCUT2D eigenvalue weighted by molar-refractivity contribution is 5.82. The van der Waals surface area contributed by atoms with Gasteiger partial charge in [-0.2, -0.15) is 0 Å². The van der Waals surface area contributed by atoms with Crippen molar-refractivity contribution >= 4 is 5.97 Å². The maximum absolute atomic E-state index is 11.9. The van der Waals surface area contributed by atoms with Gasteiger partial charge in [0.2, 0.25) is 0 Å². The molecule has 1 heterocycles. The lowest BCUT2D eigenvalue weighted by Gasteiger charge is -2.36. The molecule has 4 nitrogen and oxygen atoms in total. The second-order valence-electron chi connectivity index (χ2n) is 4.65. The standard InChI is InChI=1S/C14H14N2O2/c17-13(18)14(16-9-8-15-10-16)7-3-5-11-4-1-2-6-12(11)14/h1-2,4,6,8-10H,3,5,7H2,(H,17,18). The zero-order valence-corrected chi connectivity index (χ0v) is 9.91. The number of aryl methyl sites for hydroxylation is 1. The summed E-state index contributed by atoms with van der Waals surface area (Å²) in [4.78, 5) is 15.9. The molecule has 1 aliphatic carbocycles. The van der Waals surface area contributed by atoms with E-state index in [1.165, 1.54) is 0 Å². The van der Waals surface area contributed by atoms with Crippen molar-refractivity contribution in [1.29, 1.82) is 0 Å². The molecule has 0 aliphatic heterocycles. The Morgan fingerprint density at radius 3 is 2.94 bits per heavy atom. The lowest BCUT2D eigenvalue weighted by Crippen LogP contribution is -2.45. The number of nitrogens with zero attached hydrogens (tertiary/aromatic N) is 2. The molecule has 3 rings (SSSR count). The van der Waals surface area contributed by atoms with Gasteiger partial charge in [0.1, 0.15) is 0 Å². The SMILES string of the molecule is O=C(O)C1(n2ccnc2)CCCc2ccccc21. The fourth-order valence-electron chi connectivity index (χ4n) is 2.90. The van der Waals surface area contributed by atoms with Crippen LogP contribution in [0.2, 0.25) is 0 Å². The van der Waals surface area contributed by atoms with Gasteiger partial charge in [-0.15, -0.1) is 0 Å². The Morgan fingerprint density at radius 1 is 1.39 bits per heavy atom. The van der Waals surface area contributed by atoms with Crippen molar-refractivity contribution in [1.82, 2.24) is 9.55 Å². The van der Waals surface area contributed by atoms with Crippen LogP contribution in [0.5, 0.6) is 0 Å². The average Bonchev–Trinajstić information content (AvgIpc) is 2.92. The fraction of sp³-hybridized carbons (Fsp3) is 0.286. The Morgan fingerprint density at radius 2 is 2.22 bits per heavy atom. The molecule has 2 aromatic rings. The number of aliphatic carboxylic acids is 1. The Balaban J connectivity index is 2.27. The molecule has 1 aromatic carbocycles. The minimum absolute atomic E-state index is 0.607. The molecule has 0 radical (unpaired) electrons. The van der Waals surface area contributed by atoms with E-state index in [2.05, 4.69) is 4.98 Å². The van der Waals surface area contributed by atoms with Crippen molar-refractivity contribution in [2.75, 3.05) is 0 Å². The molecule has 1 aliphatic rings. The van der Waals surface area contributed by atoms with Crippen LogP contribution < -0.4 is 0 Å². The molecule has 0 bridgehead atoms. The molecule has 1 N–H and O–H groups in total. The molecule has 1 aromatic heterocycles. The van der Waals surface area contributed by atoms with E-state index in [9.17, 15) is 9.90 Å². The summed E-state index contributed by atoms with van der Waals surface area (Å²) in [5, 5.41) is 9.76. The maximum Gasteiger partial charge on any atom is 0.334 e. The number of carbonyl (C=O) groups is 1. The van der Waals surface area contributed by atoms with Crippen LogP contribution in [0.4, 0.5) is 0 Å². The molecule has 0 saturated heterocycles. The summed E-state index contributed by atoms with van der Waals surface area (Å²) in [6.07, 6.45) is 7.38. The third kappa shape index (κ3) is 1.38. The van der Waals surface area contributed by atoms with Gasteiger partial charge in [-0.25, -0.2) is 9.78 Å². The molecule has 0 amide bonds. The van der Waals surface area contributed by atoms with E-state index in [-0.39, 0.29) is 0 Å². The molecule has 0 fully saturated rings. The van der Waals surface area contributed by atoms with E-state index in [4.69, 9.17) is 0 Å². The van der Waals surface area contributed by atoms with Gasteiger partial charge in [0, 0.05) is 12.4 Å². The lowest BCUT2D eigenvalue weighted by molar-refractivity contribution is -0.146. The Hall–Kier alpha value is -2.10. The predicted molar refractivity (Wildman–Crippen MR) is 66.3 cm³/mol. The summed E-state index contributed by atoms with van der Waals surface area (Å²) in [7, 11) is 0. The predicted octanol–water partition coefficient (Wildman–Crippen LogP) is 2.05. The van der Waals surface area contributed by atoms with Crippen molar-refractivity contribution in [2.45, 2.75) is 24.8 Å². The number of carboxylic acids is 1. The monoisotopic (exact) mass is 242 g/mol. The van der Waals surface area contributed by atoms with Gasteiger partial charge in [-0.3, -0.25) is 0 Å². The first kappa shape index (κ1) is 11.0. The minimum atomic E-state index is -0.995. The number of imidazole rings is 1. The van der Waals surface area contributed by atoms with Gasteiger partial charge in [-0.1, -0.05) is 24.3 Å². The number of carboxylic acid groups (broad SMARTS) is 1. The first-order valence-electron chi connectivity index (χ1n) is 6.05. The first-order valence-corrected chi connectivity index (χ1v) is 6.05. The second-order valence-corrected chi connectivity index (χ2v) is 4.65. The van der Waals surface area contributed by atoms with E-state index in [0.29, 0.717) is 6.42 Å². The zero-order valence-electron chi connectivity index (χ0n) is 9.91. The molecule has 92 valence electrons. The van der Waals surface area contributed by atoms with Crippen LogP contribution >= 0.6 is 0 Å². The molecule has 0 saturated carbocycles. The van der Waals surface area contributed by atoms with E-state index >= 15 is 0 Å². The minimum Gasteiger partial charge on any atom is -0.479 e. The van der Waals surface area contributed by atoms with E-state index in [1.807, 2.05) is 24.3 Å². The highest BCUT2D eigenvalue weighted by Crippen LogP contribution is 2.38. The van der Waals surface area contributed by atoms with E-state index in [1.54, 1.807) is 23.3 Å². The summed E-state index contributed by atoms with van der Waals surface area (Å²) in [5.41, 5.74) is 1.02. The third-order valence-corrected chi connectivity index (χ3v) is 3.75. The van der Waals surface area contributed by atoms with Gasteiger partial charge in [0.25, 0.3) is 0 Å². The van der Waals surface area contributed by atoms with E-state index < -0.39 is 11.5 Å². The molecular weight excluding hydrogens is 228 g/mol. The summed E-state index contributed by atoms with van der Waals surface area (Å²) in [5.74, 6) is -0.812. The van der Waals surface area contributed by atoms with Crippen LogP contribution in [0, 0.1) is 0 Å². The summed E-state index contributed by atoms with van der Waals surface area (Å²) >= 11 is 0. The van der Waals surface area contributed by atoms with Gasteiger partial charge >= 0.3 is 5.97 Å². The normalized spacial score (nSPS) is 22.4. The number of rotatable bonds is 2. The first-order chi connectivity index (χ1) is 8.75. The Kier molecular flexibility index (Phi) is 2.44. The van der Waals surface area contributed by atoms with Crippen LogP contribution in [0.25, 0.3) is 0 Å². The second kappa shape index (κ2) is 3.98. The number of hydrogen-bond donors (Lipinski definition) is 1. The lowest BCUT2D eigenvalue weighted by atomic mass is 9.76. The van der Waals surface area contributed by atoms with Gasteiger partial charge in [-0.05, 0) is 30.4 Å². The van der Waals surface area contributed by atoms with Gasteiger partial charge in [0.05, 0.1) is 6.33 Å². The number of fused-ring (bicyclic) bond motifs is 1. The largest absolute Gasteiger partial charge is 0.479 e. The average molecular weight is 242 g/mol. The van der Waals surface area contributed by atoms with Crippen LogP contribution in [0.15, 0.2) is 43.0 Å². The van der Waals surface area contributed by atoms with Crippen LogP contribution in [-0.2, 0) is 16.8 Å². The zero-order chi connectivity index (χ0) is 12.6. The van der Waals surface area contributed by atoms with Crippen molar-refractivity contribution in [3.05, 3.63) is 54.1 Å². The third-order valence-electron chi connectivity index (χ3n) is 3.75. The molecular formula is C14H14N2O2. The number of aromatic nitrogens is 2. The molecule has 0 spiro atoms. The van der Waals surface area contributed by atoms with Crippen molar-refractivity contribution in [3.63, 3.8) is 0 Å². The maximum atomic E-state index is 11.9. The molecule has 18 heavy (non-hydrogen) atoms. The number of hydrogen-bond acceptors (Lipinski definition) is 2. The summed E-state index contributed by atoms with van der Waals surface area (Å²) in [6, 6.07) is 7.80. The molecule has 1 atom stereocenters.